The topological polar surface area (TPSA) is 94.2 Å². The lowest BCUT2D eigenvalue weighted by atomic mass is 9.97. The van der Waals surface area contributed by atoms with Crippen LogP contribution in [0.15, 0.2) is 47.4 Å². The Hall–Kier alpha value is -2.78. The van der Waals surface area contributed by atoms with Crippen molar-refractivity contribution in [2.75, 3.05) is 41.0 Å². The Morgan fingerprint density at radius 1 is 0.969 bits per heavy atom. The Labute approximate surface area is 189 Å². The lowest BCUT2D eigenvalue weighted by Gasteiger charge is -2.30. The van der Waals surface area contributed by atoms with Gasteiger partial charge in [0, 0.05) is 25.6 Å². The van der Waals surface area contributed by atoms with E-state index in [4.69, 9.17) is 14.2 Å². The van der Waals surface area contributed by atoms with Crippen molar-refractivity contribution < 1.29 is 27.4 Å². The molecular weight excluding hydrogens is 432 g/mol. The smallest absolute Gasteiger partial charge is 0.243 e. The van der Waals surface area contributed by atoms with Crippen LogP contribution in [0.4, 0.5) is 0 Å². The zero-order valence-electron chi connectivity index (χ0n) is 18.7. The third-order valence-electron chi connectivity index (χ3n) is 5.68. The molecule has 0 aromatic heterocycles. The third-order valence-corrected chi connectivity index (χ3v) is 7.60. The Balaban J connectivity index is 1.49. The predicted molar refractivity (Wildman–Crippen MR) is 121 cm³/mol. The number of methoxy groups -OCH3 is 3. The maximum atomic E-state index is 12.9. The van der Waals surface area contributed by atoms with Crippen LogP contribution in [0.5, 0.6) is 17.2 Å². The number of piperidine rings is 1. The summed E-state index contributed by atoms with van der Waals surface area (Å²) in [5, 5.41) is 2.97. The summed E-state index contributed by atoms with van der Waals surface area (Å²) in [5.41, 5.74) is 1.03. The molecule has 1 fully saturated rings. The van der Waals surface area contributed by atoms with Crippen LogP contribution in [0.3, 0.4) is 0 Å². The molecule has 0 atom stereocenters. The van der Waals surface area contributed by atoms with Gasteiger partial charge in [0.2, 0.25) is 15.9 Å². The van der Waals surface area contributed by atoms with Crippen LogP contribution in [0.25, 0.3) is 0 Å². The first-order chi connectivity index (χ1) is 15.4. The molecule has 8 nitrogen and oxygen atoms in total. The monoisotopic (exact) mass is 462 g/mol. The van der Waals surface area contributed by atoms with Gasteiger partial charge >= 0.3 is 0 Å². The van der Waals surface area contributed by atoms with E-state index in [9.17, 15) is 13.2 Å². The average molecular weight is 463 g/mol. The molecular formula is C23H30N2O6S. The van der Waals surface area contributed by atoms with E-state index in [1.54, 1.807) is 38.5 Å². The van der Waals surface area contributed by atoms with E-state index in [-0.39, 0.29) is 16.7 Å². The maximum Gasteiger partial charge on any atom is 0.243 e. The number of nitrogens with zero attached hydrogens (tertiary/aromatic N) is 1. The number of hydrogen-bond acceptors (Lipinski definition) is 6. The zero-order chi connectivity index (χ0) is 23.1. The highest BCUT2D eigenvalue weighted by atomic mass is 32.2. The number of rotatable bonds is 9. The van der Waals surface area contributed by atoms with Crippen molar-refractivity contribution in [3.63, 3.8) is 0 Å². The predicted octanol–water partition coefficient (Wildman–Crippen LogP) is 2.47. The second-order valence-electron chi connectivity index (χ2n) is 7.58. The zero-order valence-corrected chi connectivity index (χ0v) is 19.5. The number of ether oxygens (including phenoxy) is 3. The van der Waals surface area contributed by atoms with E-state index in [2.05, 4.69) is 5.32 Å². The summed E-state index contributed by atoms with van der Waals surface area (Å²) in [5.74, 6) is 1.69. The highest BCUT2D eigenvalue weighted by molar-refractivity contribution is 7.89. The highest BCUT2D eigenvalue weighted by Crippen LogP contribution is 2.28. The van der Waals surface area contributed by atoms with Crippen molar-refractivity contribution in [3.05, 3.63) is 48.0 Å². The van der Waals surface area contributed by atoms with E-state index in [0.29, 0.717) is 56.1 Å². The molecule has 0 aliphatic carbocycles. The Bertz CT molecular complexity index is 1020. The van der Waals surface area contributed by atoms with Gasteiger partial charge in [-0.25, -0.2) is 8.42 Å². The largest absolute Gasteiger partial charge is 0.497 e. The number of carbonyl (C=O) groups is 1. The molecule has 1 N–H and O–H groups in total. The summed E-state index contributed by atoms with van der Waals surface area (Å²) >= 11 is 0. The van der Waals surface area contributed by atoms with Gasteiger partial charge < -0.3 is 19.5 Å². The highest BCUT2D eigenvalue weighted by Gasteiger charge is 2.32. The van der Waals surface area contributed by atoms with Gasteiger partial charge in [-0.05, 0) is 61.2 Å². The van der Waals surface area contributed by atoms with Crippen LogP contribution in [-0.4, -0.2) is 59.6 Å². The number of amides is 1. The van der Waals surface area contributed by atoms with Crippen molar-refractivity contribution in [1.29, 1.82) is 0 Å². The number of carbonyl (C=O) groups excluding carboxylic acids is 1. The second kappa shape index (κ2) is 10.7. The number of nitrogens with one attached hydrogen (secondary N) is 1. The van der Waals surface area contributed by atoms with Crippen LogP contribution < -0.4 is 19.5 Å². The first kappa shape index (κ1) is 23.9. The van der Waals surface area contributed by atoms with Crippen molar-refractivity contribution in [2.24, 2.45) is 5.92 Å². The van der Waals surface area contributed by atoms with Crippen molar-refractivity contribution in [3.8, 4) is 17.2 Å². The fraction of sp³-hybridized carbons (Fsp3) is 0.435. The maximum absolute atomic E-state index is 12.9. The lowest BCUT2D eigenvalue weighted by Crippen LogP contribution is -2.43. The number of hydrogen-bond donors (Lipinski definition) is 1. The summed E-state index contributed by atoms with van der Waals surface area (Å²) in [4.78, 5) is 12.8. The quantitative estimate of drug-likeness (QED) is 0.615. The summed E-state index contributed by atoms with van der Waals surface area (Å²) in [6, 6.07) is 12.0. The Morgan fingerprint density at radius 2 is 1.62 bits per heavy atom. The van der Waals surface area contributed by atoms with Crippen molar-refractivity contribution in [1.82, 2.24) is 9.62 Å². The van der Waals surface area contributed by atoms with E-state index in [0.717, 1.165) is 5.56 Å². The third kappa shape index (κ3) is 5.52. The minimum absolute atomic E-state index is 0.0352. The van der Waals surface area contributed by atoms with Gasteiger partial charge in [0.25, 0.3) is 0 Å². The molecule has 0 radical (unpaired) electrons. The van der Waals surface area contributed by atoms with Gasteiger partial charge in [-0.2, -0.15) is 4.31 Å². The van der Waals surface area contributed by atoms with E-state index < -0.39 is 10.0 Å². The minimum Gasteiger partial charge on any atom is -0.497 e. The van der Waals surface area contributed by atoms with Crippen LogP contribution in [0.2, 0.25) is 0 Å². The number of sulfonamides is 1. The fourth-order valence-electron chi connectivity index (χ4n) is 3.77. The van der Waals surface area contributed by atoms with Crippen LogP contribution in [0, 0.1) is 5.92 Å². The van der Waals surface area contributed by atoms with Crippen LogP contribution in [0.1, 0.15) is 18.4 Å². The first-order valence-electron chi connectivity index (χ1n) is 10.5. The molecule has 0 unspecified atom stereocenters. The van der Waals surface area contributed by atoms with Gasteiger partial charge in [0.05, 0.1) is 26.2 Å². The van der Waals surface area contributed by atoms with E-state index in [1.807, 2.05) is 18.2 Å². The molecule has 1 aliphatic rings. The summed E-state index contributed by atoms with van der Waals surface area (Å²) < 4.78 is 42.8. The Morgan fingerprint density at radius 3 is 2.22 bits per heavy atom. The molecule has 9 heteroatoms. The van der Waals surface area contributed by atoms with E-state index in [1.165, 1.54) is 11.4 Å². The van der Waals surface area contributed by atoms with Gasteiger partial charge in [0.15, 0.2) is 11.5 Å². The molecule has 0 spiro atoms. The average Bonchev–Trinajstić information content (AvgIpc) is 2.83. The number of benzene rings is 2. The van der Waals surface area contributed by atoms with Crippen LogP contribution in [-0.2, 0) is 21.2 Å². The molecule has 32 heavy (non-hydrogen) atoms. The molecule has 174 valence electrons. The molecule has 0 saturated carbocycles. The fourth-order valence-corrected chi connectivity index (χ4v) is 5.24. The van der Waals surface area contributed by atoms with Gasteiger partial charge in [-0.3, -0.25) is 4.79 Å². The van der Waals surface area contributed by atoms with Crippen LogP contribution >= 0.6 is 0 Å². The van der Waals surface area contributed by atoms with Gasteiger partial charge in [-0.15, -0.1) is 0 Å². The van der Waals surface area contributed by atoms with E-state index >= 15 is 0 Å². The molecule has 2 aromatic carbocycles. The van der Waals surface area contributed by atoms with Gasteiger partial charge in [-0.1, -0.05) is 6.07 Å². The second-order valence-corrected chi connectivity index (χ2v) is 9.52. The van der Waals surface area contributed by atoms with Crippen molar-refractivity contribution >= 4 is 15.9 Å². The molecule has 3 rings (SSSR count). The molecule has 1 amide bonds. The molecule has 1 heterocycles. The lowest BCUT2D eigenvalue weighted by molar-refractivity contribution is -0.126. The Kier molecular flexibility index (Phi) is 7.98. The summed E-state index contributed by atoms with van der Waals surface area (Å²) in [6.45, 7) is 1.14. The minimum atomic E-state index is -3.58. The summed E-state index contributed by atoms with van der Waals surface area (Å²) in [7, 11) is 1.13. The molecule has 0 bridgehead atoms. The standard InChI is InChI=1S/C23H30N2O6S/c1-29-19-5-7-20(8-6-19)32(27,28)25-14-11-18(12-15-25)23(26)24-13-10-17-4-9-21(30-2)22(16-17)31-3/h4-9,16,18H,10-15H2,1-3H3,(H,24,26). The van der Waals surface area contributed by atoms with Crippen molar-refractivity contribution in [2.45, 2.75) is 24.2 Å². The first-order valence-corrected chi connectivity index (χ1v) is 12.0. The molecule has 1 saturated heterocycles. The van der Waals surface area contributed by atoms with Gasteiger partial charge in [0.1, 0.15) is 5.75 Å². The summed E-state index contributed by atoms with van der Waals surface area (Å²) in [6.07, 6.45) is 1.66. The molecule has 1 aliphatic heterocycles. The molecule has 2 aromatic rings. The normalized spacial score (nSPS) is 15.2. The SMILES string of the molecule is COc1ccc(S(=O)(=O)N2CCC(C(=O)NCCc3ccc(OC)c(OC)c3)CC2)cc1.